The number of hydrogen-bond donors (Lipinski definition) is 1. The van der Waals surface area contributed by atoms with Crippen LogP contribution < -0.4 is 5.32 Å². The first-order chi connectivity index (χ1) is 9.74. The van der Waals surface area contributed by atoms with Crippen LogP contribution in [0.1, 0.15) is 6.42 Å². The summed E-state index contributed by atoms with van der Waals surface area (Å²) in [5, 5.41) is 3.49. The molecular weight excluding hydrogens is 278 g/mol. The van der Waals surface area contributed by atoms with Crippen LogP contribution >= 0.6 is 11.6 Å². The molecule has 0 spiro atoms. The highest BCUT2D eigenvalue weighted by Crippen LogP contribution is 2.20. The van der Waals surface area contributed by atoms with Crippen LogP contribution in [0.3, 0.4) is 0 Å². The number of hydrogen-bond acceptors (Lipinski definition) is 5. The molecule has 3 aromatic heterocycles. The highest BCUT2D eigenvalue weighted by Gasteiger charge is 2.10. The van der Waals surface area contributed by atoms with Gasteiger partial charge in [-0.1, -0.05) is 0 Å². The molecule has 0 atom stereocenters. The summed E-state index contributed by atoms with van der Waals surface area (Å²) in [7, 11) is 1.91. The topological polar surface area (TPSA) is 73.5 Å². The van der Waals surface area contributed by atoms with E-state index in [1.54, 1.807) is 18.9 Å². The van der Waals surface area contributed by atoms with E-state index in [-0.39, 0.29) is 5.28 Å². The van der Waals surface area contributed by atoms with Gasteiger partial charge in [0.2, 0.25) is 5.28 Å². The van der Waals surface area contributed by atoms with Crippen molar-refractivity contribution in [2.75, 3.05) is 11.9 Å². The minimum Gasteiger partial charge on any atom is -0.368 e. The maximum Gasteiger partial charge on any atom is 0.226 e. The predicted octanol–water partition coefficient (Wildman–Crippen LogP) is 1.72. The van der Waals surface area contributed by atoms with E-state index in [9.17, 15) is 0 Å². The molecule has 104 valence electrons. The molecule has 0 saturated heterocycles. The summed E-state index contributed by atoms with van der Waals surface area (Å²) >= 11 is 5.90. The van der Waals surface area contributed by atoms with Gasteiger partial charge in [-0.15, -0.1) is 0 Å². The number of aromatic nitrogens is 6. The standard InChI is InChI=1S/C12H14ClN7/c1-19-8-16-11-9(19)10(17-12(13)18-11)15-3-2-5-20-6-4-14-7-20/h4,6-8H,2-3,5H2,1H3,(H,15,17,18). The summed E-state index contributed by atoms with van der Waals surface area (Å²) in [4.78, 5) is 16.5. The van der Waals surface area contributed by atoms with Gasteiger partial charge in [0.05, 0.1) is 12.7 Å². The van der Waals surface area contributed by atoms with Crippen molar-refractivity contribution in [1.82, 2.24) is 29.1 Å². The van der Waals surface area contributed by atoms with E-state index >= 15 is 0 Å². The van der Waals surface area contributed by atoms with Gasteiger partial charge >= 0.3 is 0 Å². The van der Waals surface area contributed by atoms with Gasteiger partial charge in [-0.25, -0.2) is 9.97 Å². The molecule has 3 heterocycles. The summed E-state index contributed by atoms with van der Waals surface area (Å²) in [6.07, 6.45) is 8.18. The van der Waals surface area contributed by atoms with Crippen molar-refractivity contribution >= 4 is 28.6 Å². The van der Waals surface area contributed by atoms with Gasteiger partial charge in [-0.3, -0.25) is 0 Å². The predicted molar refractivity (Wildman–Crippen MR) is 76.6 cm³/mol. The minimum atomic E-state index is 0.202. The second-order valence-corrected chi connectivity index (χ2v) is 4.79. The van der Waals surface area contributed by atoms with Crippen LogP contribution in [0.15, 0.2) is 25.0 Å². The Hall–Kier alpha value is -2.15. The lowest BCUT2D eigenvalue weighted by molar-refractivity contribution is 0.660. The van der Waals surface area contributed by atoms with Crippen LogP contribution in [0.5, 0.6) is 0 Å². The fraction of sp³-hybridized carbons (Fsp3) is 0.333. The third-order valence-corrected chi connectivity index (χ3v) is 3.16. The molecule has 20 heavy (non-hydrogen) atoms. The first-order valence-electron chi connectivity index (χ1n) is 6.28. The average Bonchev–Trinajstić information content (AvgIpc) is 3.05. The largest absolute Gasteiger partial charge is 0.368 e. The van der Waals surface area contributed by atoms with Gasteiger partial charge in [-0.05, 0) is 18.0 Å². The highest BCUT2D eigenvalue weighted by molar-refractivity contribution is 6.28. The van der Waals surface area contributed by atoms with Crippen molar-refractivity contribution in [3.63, 3.8) is 0 Å². The Bertz CT molecular complexity index is 704. The Kier molecular flexibility index (Phi) is 3.51. The normalized spacial score (nSPS) is 11.1. The molecule has 0 aliphatic rings. The van der Waals surface area contributed by atoms with Crippen LogP contribution in [0.2, 0.25) is 5.28 Å². The zero-order valence-electron chi connectivity index (χ0n) is 11.0. The van der Waals surface area contributed by atoms with Crippen molar-refractivity contribution in [3.05, 3.63) is 30.3 Å². The molecule has 0 saturated carbocycles. The third-order valence-electron chi connectivity index (χ3n) is 2.99. The van der Waals surface area contributed by atoms with E-state index in [4.69, 9.17) is 11.6 Å². The number of anilines is 1. The lowest BCUT2D eigenvalue weighted by atomic mass is 10.4. The number of halogens is 1. The zero-order chi connectivity index (χ0) is 13.9. The molecule has 0 amide bonds. The molecule has 7 nitrogen and oxygen atoms in total. The first-order valence-corrected chi connectivity index (χ1v) is 6.66. The number of fused-ring (bicyclic) bond motifs is 1. The smallest absolute Gasteiger partial charge is 0.226 e. The SMILES string of the molecule is Cn1cnc2nc(Cl)nc(NCCCn3ccnc3)c21. The monoisotopic (exact) mass is 291 g/mol. The summed E-state index contributed by atoms with van der Waals surface area (Å²) in [5.74, 6) is 0.714. The fourth-order valence-corrected chi connectivity index (χ4v) is 2.21. The van der Waals surface area contributed by atoms with E-state index < -0.39 is 0 Å². The van der Waals surface area contributed by atoms with Crippen molar-refractivity contribution in [2.45, 2.75) is 13.0 Å². The molecule has 0 aliphatic carbocycles. The average molecular weight is 292 g/mol. The maximum atomic E-state index is 5.90. The highest BCUT2D eigenvalue weighted by atomic mass is 35.5. The number of nitrogens with zero attached hydrogens (tertiary/aromatic N) is 6. The van der Waals surface area contributed by atoms with Crippen molar-refractivity contribution in [1.29, 1.82) is 0 Å². The third kappa shape index (κ3) is 2.57. The Morgan fingerprint density at radius 3 is 3.00 bits per heavy atom. The quantitative estimate of drug-likeness (QED) is 0.572. The number of nitrogens with one attached hydrogen (secondary N) is 1. The van der Waals surface area contributed by atoms with Crippen molar-refractivity contribution < 1.29 is 0 Å². The summed E-state index contributed by atoms with van der Waals surface area (Å²) in [5.41, 5.74) is 1.46. The van der Waals surface area contributed by atoms with Crippen LogP contribution in [-0.2, 0) is 13.6 Å². The van der Waals surface area contributed by atoms with Gasteiger partial charge in [0.25, 0.3) is 0 Å². The Morgan fingerprint density at radius 1 is 1.30 bits per heavy atom. The fourth-order valence-electron chi connectivity index (χ4n) is 2.04. The second kappa shape index (κ2) is 5.46. The van der Waals surface area contributed by atoms with Crippen LogP contribution in [-0.4, -0.2) is 35.6 Å². The lowest BCUT2D eigenvalue weighted by Gasteiger charge is -2.08. The lowest BCUT2D eigenvalue weighted by Crippen LogP contribution is -2.08. The zero-order valence-corrected chi connectivity index (χ0v) is 11.7. The van der Waals surface area contributed by atoms with E-state index in [0.717, 1.165) is 25.0 Å². The number of imidazole rings is 2. The van der Waals surface area contributed by atoms with E-state index in [0.29, 0.717) is 11.5 Å². The summed E-state index contributed by atoms with van der Waals surface area (Å²) < 4.78 is 3.91. The molecule has 0 bridgehead atoms. The summed E-state index contributed by atoms with van der Waals surface area (Å²) in [6, 6.07) is 0. The molecule has 0 aliphatic heterocycles. The van der Waals surface area contributed by atoms with E-state index in [2.05, 4.69) is 25.3 Å². The maximum absolute atomic E-state index is 5.90. The van der Waals surface area contributed by atoms with Gasteiger partial charge in [0.1, 0.15) is 5.52 Å². The van der Waals surface area contributed by atoms with Gasteiger partial charge in [0, 0.05) is 32.5 Å². The molecule has 0 fully saturated rings. The van der Waals surface area contributed by atoms with Crippen molar-refractivity contribution in [2.24, 2.45) is 7.05 Å². The molecular formula is C12H14ClN7. The van der Waals surface area contributed by atoms with Crippen molar-refractivity contribution in [3.8, 4) is 0 Å². The molecule has 3 rings (SSSR count). The molecule has 0 aromatic carbocycles. The van der Waals surface area contributed by atoms with Gasteiger partial charge in [-0.2, -0.15) is 9.97 Å². The summed E-state index contributed by atoms with van der Waals surface area (Å²) in [6.45, 7) is 1.69. The van der Waals surface area contributed by atoms with Gasteiger partial charge < -0.3 is 14.5 Å². The van der Waals surface area contributed by atoms with E-state index in [1.807, 2.05) is 22.4 Å². The second-order valence-electron chi connectivity index (χ2n) is 4.45. The van der Waals surface area contributed by atoms with Crippen LogP contribution in [0.4, 0.5) is 5.82 Å². The number of aryl methyl sites for hydroxylation is 2. The Labute approximate surface area is 120 Å². The molecule has 0 radical (unpaired) electrons. The molecule has 1 N–H and O–H groups in total. The van der Waals surface area contributed by atoms with Crippen LogP contribution in [0, 0.1) is 0 Å². The van der Waals surface area contributed by atoms with E-state index in [1.165, 1.54) is 0 Å². The Balaban J connectivity index is 1.69. The van der Waals surface area contributed by atoms with Crippen LogP contribution in [0.25, 0.3) is 11.2 Å². The first kappa shape index (κ1) is 12.9. The molecule has 8 heteroatoms. The molecule has 3 aromatic rings. The van der Waals surface area contributed by atoms with Gasteiger partial charge in [0.15, 0.2) is 11.5 Å². The molecule has 0 unspecified atom stereocenters. The Morgan fingerprint density at radius 2 is 2.20 bits per heavy atom. The minimum absolute atomic E-state index is 0.202. The number of rotatable bonds is 5.